The summed E-state index contributed by atoms with van der Waals surface area (Å²) in [5.74, 6) is 0.610. The molecule has 0 aliphatic rings. The number of hydrogen-bond acceptors (Lipinski definition) is 3. The zero-order valence-electron chi connectivity index (χ0n) is 11.8. The Labute approximate surface area is 140 Å². The molecule has 0 unspecified atom stereocenters. The van der Waals surface area contributed by atoms with Crippen LogP contribution >= 0.6 is 23.2 Å². The van der Waals surface area contributed by atoms with Crippen molar-refractivity contribution in [2.45, 2.75) is 6.42 Å². The third-order valence-electron chi connectivity index (χ3n) is 3.01. The van der Waals surface area contributed by atoms with Crippen LogP contribution in [0.15, 0.2) is 42.5 Å². The average Bonchev–Trinajstić information content (AvgIpc) is 2.49. The number of anilines is 1. The van der Waals surface area contributed by atoms with E-state index >= 15 is 0 Å². The zero-order valence-corrected chi connectivity index (χ0v) is 14.2. The largest absolute Gasteiger partial charge is 0.497 e. The van der Waals surface area contributed by atoms with Crippen LogP contribution in [0.3, 0.4) is 0 Å². The molecule has 118 valence electrons. The van der Waals surface area contributed by atoms with Crippen molar-refractivity contribution in [2.75, 3.05) is 17.6 Å². The fourth-order valence-electron chi connectivity index (χ4n) is 1.88. The molecule has 0 saturated carbocycles. The lowest BCUT2D eigenvalue weighted by molar-refractivity contribution is 0.414. The number of hydrogen-bond donors (Lipinski definition) is 1. The van der Waals surface area contributed by atoms with Gasteiger partial charge in [-0.3, -0.25) is 4.72 Å². The summed E-state index contributed by atoms with van der Waals surface area (Å²) in [5.41, 5.74) is 1.08. The highest BCUT2D eigenvalue weighted by atomic mass is 35.5. The second kappa shape index (κ2) is 7.22. The number of aryl methyl sites for hydroxylation is 1. The Morgan fingerprint density at radius 2 is 1.73 bits per heavy atom. The summed E-state index contributed by atoms with van der Waals surface area (Å²) >= 11 is 11.9. The quantitative estimate of drug-likeness (QED) is 0.848. The number of para-hydroxylation sites is 1. The number of rotatable bonds is 6. The van der Waals surface area contributed by atoms with Crippen molar-refractivity contribution < 1.29 is 13.2 Å². The lowest BCUT2D eigenvalue weighted by atomic mass is 10.2. The molecule has 0 spiro atoms. The third kappa shape index (κ3) is 4.53. The molecule has 7 heteroatoms. The van der Waals surface area contributed by atoms with Crippen molar-refractivity contribution in [2.24, 2.45) is 0 Å². The lowest BCUT2D eigenvalue weighted by Gasteiger charge is -2.11. The maximum absolute atomic E-state index is 12.2. The molecule has 0 radical (unpaired) electrons. The van der Waals surface area contributed by atoms with Crippen molar-refractivity contribution in [3.63, 3.8) is 0 Å². The molecule has 1 N–H and O–H groups in total. The van der Waals surface area contributed by atoms with Gasteiger partial charge in [-0.25, -0.2) is 8.42 Å². The van der Waals surface area contributed by atoms with Gasteiger partial charge in [-0.15, -0.1) is 0 Å². The van der Waals surface area contributed by atoms with Gasteiger partial charge < -0.3 is 4.74 Å². The molecule has 2 aromatic carbocycles. The second-order valence-electron chi connectivity index (χ2n) is 4.62. The van der Waals surface area contributed by atoms with Gasteiger partial charge in [0, 0.05) is 0 Å². The fourth-order valence-corrected chi connectivity index (χ4v) is 3.62. The zero-order chi connectivity index (χ0) is 16.2. The van der Waals surface area contributed by atoms with E-state index in [1.807, 2.05) is 12.1 Å². The van der Waals surface area contributed by atoms with E-state index in [-0.39, 0.29) is 21.5 Å². The first-order chi connectivity index (χ1) is 10.4. The van der Waals surface area contributed by atoms with Crippen LogP contribution < -0.4 is 9.46 Å². The minimum absolute atomic E-state index is 0.0816. The molecule has 0 aliphatic carbocycles. The van der Waals surface area contributed by atoms with Gasteiger partial charge in [-0.1, -0.05) is 41.4 Å². The number of sulfonamides is 1. The molecule has 0 atom stereocenters. The summed E-state index contributed by atoms with van der Waals surface area (Å²) in [5, 5.41) is 0.523. The van der Waals surface area contributed by atoms with Gasteiger partial charge in [0.2, 0.25) is 10.0 Å². The van der Waals surface area contributed by atoms with Crippen LogP contribution in [-0.2, 0) is 16.4 Å². The first kappa shape index (κ1) is 16.9. The molecule has 0 amide bonds. The van der Waals surface area contributed by atoms with Crippen molar-refractivity contribution in [1.82, 2.24) is 0 Å². The Bertz CT molecular complexity index is 743. The van der Waals surface area contributed by atoms with Gasteiger partial charge in [-0.05, 0) is 36.2 Å². The normalized spacial score (nSPS) is 11.2. The lowest BCUT2D eigenvalue weighted by Crippen LogP contribution is -2.18. The standard InChI is InChI=1S/C15H15Cl2NO3S/c1-21-12-5-2-4-11(10-12)8-9-22(19,20)18-15-13(16)6-3-7-14(15)17/h2-7,10,18H,8-9H2,1H3. The van der Waals surface area contributed by atoms with Crippen LogP contribution in [-0.4, -0.2) is 21.3 Å². The van der Waals surface area contributed by atoms with Crippen LogP contribution in [0.2, 0.25) is 10.0 Å². The molecule has 4 nitrogen and oxygen atoms in total. The second-order valence-corrected chi connectivity index (χ2v) is 7.28. The molecule has 0 fully saturated rings. The number of methoxy groups -OCH3 is 1. The summed E-state index contributed by atoms with van der Waals surface area (Å²) in [6.07, 6.45) is 0.356. The highest BCUT2D eigenvalue weighted by Crippen LogP contribution is 2.30. The molecule has 0 heterocycles. The molecule has 0 aliphatic heterocycles. The van der Waals surface area contributed by atoms with Gasteiger partial charge in [0.25, 0.3) is 0 Å². The summed E-state index contributed by atoms with van der Waals surface area (Å²) < 4.78 is 31.9. The van der Waals surface area contributed by atoms with E-state index in [1.54, 1.807) is 37.4 Å². The summed E-state index contributed by atoms with van der Waals surface area (Å²) in [4.78, 5) is 0. The number of nitrogens with one attached hydrogen (secondary N) is 1. The molecule has 2 rings (SSSR count). The van der Waals surface area contributed by atoms with E-state index in [9.17, 15) is 8.42 Å². The SMILES string of the molecule is COc1cccc(CCS(=O)(=O)Nc2c(Cl)cccc2Cl)c1. The highest BCUT2D eigenvalue weighted by molar-refractivity contribution is 7.92. The van der Waals surface area contributed by atoms with E-state index in [2.05, 4.69) is 4.72 Å². The molecule has 0 bridgehead atoms. The van der Waals surface area contributed by atoms with Crippen LogP contribution in [0.25, 0.3) is 0 Å². The van der Waals surface area contributed by atoms with Gasteiger partial charge in [0.15, 0.2) is 0 Å². The summed E-state index contributed by atoms with van der Waals surface area (Å²) in [6.45, 7) is 0. The monoisotopic (exact) mass is 359 g/mol. The Kier molecular flexibility index (Phi) is 5.56. The van der Waals surface area contributed by atoms with Gasteiger partial charge in [0.1, 0.15) is 5.75 Å². The maximum Gasteiger partial charge on any atom is 0.233 e. The maximum atomic E-state index is 12.2. The number of benzene rings is 2. The van der Waals surface area contributed by atoms with E-state index in [1.165, 1.54) is 0 Å². The van der Waals surface area contributed by atoms with Crippen molar-refractivity contribution in [1.29, 1.82) is 0 Å². The molecule has 2 aromatic rings. The summed E-state index contributed by atoms with van der Waals surface area (Å²) in [7, 11) is -1.99. The predicted octanol–water partition coefficient (Wildman–Crippen LogP) is 3.99. The van der Waals surface area contributed by atoms with E-state index in [4.69, 9.17) is 27.9 Å². The minimum Gasteiger partial charge on any atom is -0.497 e. The number of halogens is 2. The van der Waals surface area contributed by atoms with Gasteiger partial charge in [-0.2, -0.15) is 0 Å². The molecule has 22 heavy (non-hydrogen) atoms. The van der Waals surface area contributed by atoms with Gasteiger partial charge >= 0.3 is 0 Å². The Morgan fingerprint density at radius 1 is 1.09 bits per heavy atom. The third-order valence-corrected chi connectivity index (χ3v) is 4.90. The van der Waals surface area contributed by atoms with Crippen molar-refractivity contribution >= 4 is 38.9 Å². The average molecular weight is 360 g/mol. The van der Waals surface area contributed by atoms with Gasteiger partial charge in [0.05, 0.1) is 28.6 Å². The molecular weight excluding hydrogens is 345 g/mol. The Hall–Kier alpha value is -1.43. The van der Waals surface area contributed by atoms with E-state index < -0.39 is 10.0 Å². The van der Waals surface area contributed by atoms with Crippen LogP contribution in [0, 0.1) is 0 Å². The first-order valence-corrected chi connectivity index (χ1v) is 8.89. The first-order valence-electron chi connectivity index (χ1n) is 6.49. The topological polar surface area (TPSA) is 55.4 Å². The van der Waals surface area contributed by atoms with E-state index in [0.717, 1.165) is 5.56 Å². The number of ether oxygens (including phenoxy) is 1. The van der Waals surface area contributed by atoms with Crippen molar-refractivity contribution in [3.05, 3.63) is 58.1 Å². The van der Waals surface area contributed by atoms with Crippen molar-refractivity contribution in [3.8, 4) is 5.75 Å². The predicted molar refractivity (Wildman–Crippen MR) is 90.6 cm³/mol. The van der Waals surface area contributed by atoms with Crippen LogP contribution in [0.5, 0.6) is 5.75 Å². The fraction of sp³-hybridized carbons (Fsp3) is 0.200. The Balaban J connectivity index is 2.08. The van der Waals surface area contributed by atoms with Crippen LogP contribution in [0.1, 0.15) is 5.56 Å². The highest BCUT2D eigenvalue weighted by Gasteiger charge is 2.15. The summed E-state index contributed by atoms with van der Waals surface area (Å²) in [6, 6.07) is 12.1. The van der Waals surface area contributed by atoms with E-state index in [0.29, 0.717) is 12.2 Å². The smallest absolute Gasteiger partial charge is 0.233 e. The molecular formula is C15H15Cl2NO3S. The van der Waals surface area contributed by atoms with Crippen LogP contribution in [0.4, 0.5) is 5.69 Å². The minimum atomic E-state index is -3.56. The molecule has 0 saturated heterocycles. The molecule has 0 aromatic heterocycles. The Morgan fingerprint density at radius 3 is 2.36 bits per heavy atom.